The van der Waals surface area contributed by atoms with Gasteiger partial charge in [0.15, 0.2) is 23.8 Å². The summed E-state index contributed by atoms with van der Waals surface area (Å²) < 4.78 is 12.3. The van der Waals surface area contributed by atoms with E-state index in [1.54, 1.807) is 0 Å². The number of nitrogens with zero attached hydrogens (tertiary/aromatic N) is 4. The first-order chi connectivity index (χ1) is 12.4. The Morgan fingerprint density at radius 2 is 2.12 bits per heavy atom. The van der Waals surface area contributed by atoms with Gasteiger partial charge in [-0.2, -0.15) is 0 Å². The van der Waals surface area contributed by atoms with Gasteiger partial charge in [0, 0.05) is 6.42 Å². The van der Waals surface area contributed by atoms with Crippen LogP contribution in [0.25, 0.3) is 11.2 Å². The summed E-state index contributed by atoms with van der Waals surface area (Å²) in [6.45, 7) is 0.896. The van der Waals surface area contributed by atoms with E-state index in [9.17, 15) is 19.8 Å². The number of hydrogen-bond acceptors (Lipinski definition) is 10. The highest BCUT2D eigenvalue weighted by molar-refractivity contribution is 5.81. The van der Waals surface area contributed by atoms with E-state index < -0.39 is 37.1 Å². The number of anilines is 1. The van der Waals surface area contributed by atoms with E-state index in [0.717, 1.165) is 0 Å². The van der Waals surface area contributed by atoms with E-state index in [1.165, 1.54) is 24.1 Å². The molecule has 1 aliphatic heterocycles. The molecule has 4 N–H and O–H groups in total. The average Bonchev–Trinajstić information content (AvgIpc) is 3.16. The molecule has 1 saturated heterocycles. The summed E-state index contributed by atoms with van der Waals surface area (Å²) in [5, 5.41) is 20.1. The second-order valence-corrected chi connectivity index (χ2v) is 5.98. The summed E-state index contributed by atoms with van der Waals surface area (Å²) in [4.78, 5) is 34.9. The Labute approximate surface area is 147 Å². The van der Waals surface area contributed by atoms with Crippen LogP contribution >= 0.6 is 0 Å². The summed E-state index contributed by atoms with van der Waals surface area (Å²) in [6, 6.07) is 0. The molecule has 0 bridgehead atoms. The van der Waals surface area contributed by atoms with Gasteiger partial charge in [0.2, 0.25) is 0 Å². The number of carbonyl (C=O) groups is 2. The van der Waals surface area contributed by atoms with Gasteiger partial charge in [0.1, 0.15) is 29.8 Å². The van der Waals surface area contributed by atoms with E-state index in [0.29, 0.717) is 11.2 Å². The van der Waals surface area contributed by atoms with Crippen LogP contribution in [0.15, 0.2) is 12.7 Å². The first-order valence-electron chi connectivity index (χ1n) is 7.98. The van der Waals surface area contributed by atoms with Crippen molar-refractivity contribution in [2.75, 3.05) is 12.3 Å². The van der Waals surface area contributed by atoms with Crippen molar-refractivity contribution in [2.24, 2.45) is 0 Å². The molecule has 4 atom stereocenters. The first kappa shape index (κ1) is 18.2. The van der Waals surface area contributed by atoms with Crippen LogP contribution in [-0.4, -0.2) is 66.4 Å². The Morgan fingerprint density at radius 3 is 2.81 bits per heavy atom. The smallest absolute Gasteiger partial charge is 0.306 e. The predicted molar refractivity (Wildman–Crippen MR) is 86.5 cm³/mol. The number of rotatable bonds is 6. The molecule has 2 aromatic heterocycles. The minimum absolute atomic E-state index is 0.0398. The fourth-order valence-electron chi connectivity index (χ4n) is 2.79. The van der Waals surface area contributed by atoms with E-state index in [-0.39, 0.29) is 24.4 Å². The number of nitrogen functional groups attached to an aromatic ring is 1. The summed E-state index contributed by atoms with van der Waals surface area (Å²) in [5.41, 5.74) is 6.41. The molecule has 3 heterocycles. The number of aliphatic hydroxyl groups excluding tert-OH is 2. The Kier molecular flexibility index (Phi) is 5.11. The lowest BCUT2D eigenvalue weighted by Crippen LogP contribution is -2.38. The van der Waals surface area contributed by atoms with Crippen LogP contribution in [0.3, 0.4) is 0 Å². The third-order valence-electron chi connectivity index (χ3n) is 4.10. The topological polar surface area (TPSA) is 163 Å². The minimum atomic E-state index is -1.28. The van der Waals surface area contributed by atoms with Gasteiger partial charge in [0.05, 0.1) is 19.4 Å². The average molecular weight is 365 g/mol. The molecule has 0 amide bonds. The van der Waals surface area contributed by atoms with Gasteiger partial charge in [0.25, 0.3) is 0 Å². The van der Waals surface area contributed by atoms with Crippen molar-refractivity contribution in [3.8, 4) is 0 Å². The third-order valence-corrected chi connectivity index (χ3v) is 4.10. The number of Topliss-reactive ketones (excluding diaryl/α,β-unsaturated/α-hetero) is 1. The molecular formula is C15H19N5O6. The molecule has 3 rings (SSSR count). The highest BCUT2D eigenvalue weighted by atomic mass is 16.6. The number of imidazole rings is 1. The summed E-state index contributed by atoms with van der Waals surface area (Å²) >= 11 is 0. The van der Waals surface area contributed by atoms with Crippen molar-refractivity contribution in [2.45, 2.75) is 44.3 Å². The number of aromatic nitrogens is 4. The van der Waals surface area contributed by atoms with Crippen LogP contribution in [0.1, 0.15) is 26.0 Å². The molecule has 0 saturated carbocycles. The lowest BCUT2D eigenvalue weighted by molar-refractivity contribution is -0.157. The fraction of sp³-hybridized carbons (Fsp3) is 0.533. The van der Waals surface area contributed by atoms with Crippen LogP contribution in [-0.2, 0) is 19.1 Å². The van der Waals surface area contributed by atoms with E-state index in [2.05, 4.69) is 15.0 Å². The molecular weight excluding hydrogens is 346 g/mol. The van der Waals surface area contributed by atoms with Gasteiger partial charge in [-0.3, -0.25) is 9.36 Å². The zero-order chi connectivity index (χ0) is 18.8. The normalized spacial score (nSPS) is 25.5. The zero-order valence-electron chi connectivity index (χ0n) is 14.0. The number of ether oxygens (including phenoxy) is 2. The van der Waals surface area contributed by atoms with Crippen molar-refractivity contribution in [1.29, 1.82) is 0 Å². The number of hydrogen-bond donors (Lipinski definition) is 3. The third kappa shape index (κ3) is 3.36. The van der Waals surface area contributed by atoms with Gasteiger partial charge in [-0.25, -0.2) is 15.0 Å². The van der Waals surface area contributed by atoms with Gasteiger partial charge in [-0.15, -0.1) is 0 Å². The first-order valence-corrected chi connectivity index (χ1v) is 7.98. The number of nitrogens with two attached hydrogens (primary N) is 1. The Morgan fingerprint density at radius 1 is 1.35 bits per heavy atom. The number of fused-ring (bicyclic) bond motifs is 1. The van der Waals surface area contributed by atoms with Crippen LogP contribution in [0.4, 0.5) is 5.82 Å². The van der Waals surface area contributed by atoms with Gasteiger partial charge >= 0.3 is 5.97 Å². The second kappa shape index (κ2) is 7.32. The molecule has 140 valence electrons. The van der Waals surface area contributed by atoms with Crippen molar-refractivity contribution in [3.05, 3.63) is 12.7 Å². The van der Waals surface area contributed by atoms with Crippen molar-refractivity contribution >= 4 is 28.7 Å². The minimum Gasteiger partial charge on any atom is -0.457 e. The maximum absolute atomic E-state index is 11.9. The Hall–Kier alpha value is -2.63. The highest BCUT2D eigenvalue weighted by Gasteiger charge is 2.47. The molecule has 1 fully saturated rings. The lowest BCUT2D eigenvalue weighted by atomic mass is 10.1. The molecule has 0 radical (unpaired) electrons. The molecule has 11 heteroatoms. The van der Waals surface area contributed by atoms with Gasteiger partial charge in [-0.05, 0) is 6.92 Å². The van der Waals surface area contributed by atoms with Gasteiger partial charge in [-0.1, -0.05) is 0 Å². The maximum atomic E-state index is 11.9. The van der Waals surface area contributed by atoms with Gasteiger partial charge < -0.3 is 30.2 Å². The number of ketones is 1. The number of aliphatic hydroxyl groups is 2. The molecule has 0 aliphatic carbocycles. The summed E-state index contributed by atoms with van der Waals surface area (Å²) in [5.74, 6) is -0.634. The molecule has 0 spiro atoms. The standard InChI is InChI=1S/C15H19N5O6/c1-7(22)2-3-9(23)26-12-8(4-21)25-15(11(12)24)20-6-19-10-13(16)17-5-18-14(10)20/h5-6,8,11-12,15,21,24H,2-4H2,1H3,(H2,16,17,18)/t8-,11-,12-,15-/m1/s1. The van der Waals surface area contributed by atoms with Crippen molar-refractivity contribution in [3.63, 3.8) is 0 Å². The maximum Gasteiger partial charge on any atom is 0.306 e. The monoisotopic (exact) mass is 365 g/mol. The quantitative estimate of drug-likeness (QED) is 0.538. The lowest BCUT2D eigenvalue weighted by Gasteiger charge is -2.19. The van der Waals surface area contributed by atoms with Crippen LogP contribution < -0.4 is 5.73 Å². The van der Waals surface area contributed by atoms with E-state index in [1.807, 2.05) is 0 Å². The fourth-order valence-corrected chi connectivity index (χ4v) is 2.79. The predicted octanol–water partition coefficient (Wildman–Crippen LogP) is -1.06. The zero-order valence-corrected chi connectivity index (χ0v) is 14.0. The summed E-state index contributed by atoms with van der Waals surface area (Å²) in [7, 11) is 0. The molecule has 1 aliphatic rings. The molecule has 26 heavy (non-hydrogen) atoms. The molecule has 0 aromatic carbocycles. The Balaban J connectivity index is 1.80. The highest BCUT2D eigenvalue weighted by Crippen LogP contribution is 2.33. The number of carbonyl (C=O) groups excluding carboxylic acids is 2. The largest absolute Gasteiger partial charge is 0.457 e. The van der Waals surface area contributed by atoms with E-state index >= 15 is 0 Å². The van der Waals surface area contributed by atoms with Crippen molar-refractivity contribution < 1.29 is 29.3 Å². The number of esters is 1. The summed E-state index contributed by atoms with van der Waals surface area (Å²) in [6.07, 6.45) is -1.75. The van der Waals surface area contributed by atoms with Crippen LogP contribution in [0.5, 0.6) is 0 Å². The second-order valence-electron chi connectivity index (χ2n) is 5.98. The SMILES string of the molecule is CC(=O)CCC(=O)O[C@H]1[C@@H](O)[C@H](n2cnc3c(N)ncnc32)O[C@@H]1CO. The Bertz CT molecular complexity index is 824. The molecule has 0 unspecified atom stereocenters. The molecule has 2 aromatic rings. The van der Waals surface area contributed by atoms with E-state index in [4.69, 9.17) is 15.2 Å². The van der Waals surface area contributed by atoms with Crippen molar-refractivity contribution in [1.82, 2.24) is 19.5 Å². The van der Waals surface area contributed by atoms with Crippen LogP contribution in [0.2, 0.25) is 0 Å². The molecule has 11 nitrogen and oxygen atoms in total. The van der Waals surface area contributed by atoms with Crippen LogP contribution in [0, 0.1) is 0 Å².